The van der Waals surface area contributed by atoms with Gasteiger partial charge in [-0.3, -0.25) is 9.36 Å². The normalized spacial score (nSPS) is 13.2. The minimum absolute atomic E-state index is 0.150. The monoisotopic (exact) mass is 583 g/mol. The Morgan fingerprint density at radius 2 is 1.48 bits per heavy atom. The molecule has 0 unspecified atom stereocenters. The second kappa shape index (κ2) is 12.4. The highest BCUT2D eigenvalue weighted by atomic mass is 16.6. The molecule has 0 aliphatic rings. The number of carboxylic acid groups (broad SMARTS) is 1. The van der Waals surface area contributed by atoms with Crippen LogP contribution in [0.4, 0.5) is 9.59 Å². The molecule has 0 spiro atoms. The molecular formula is C30H37N3O9. The molecule has 12 nitrogen and oxygen atoms in total. The molecule has 0 aliphatic heterocycles. The maximum atomic E-state index is 13.4. The average Bonchev–Trinajstić information content (AvgIpc) is 3.22. The fraction of sp³-hybridized carbons (Fsp3) is 0.400. The van der Waals surface area contributed by atoms with Crippen LogP contribution >= 0.6 is 0 Å². The molecule has 2 amide bonds. The zero-order chi connectivity index (χ0) is 31.4. The summed E-state index contributed by atoms with van der Waals surface area (Å²) in [6, 6.07) is 8.08. The Morgan fingerprint density at radius 1 is 0.833 bits per heavy atom. The second-order valence-electron chi connectivity index (χ2n) is 11.9. The molecule has 0 fully saturated rings. The summed E-state index contributed by atoms with van der Waals surface area (Å²) in [6.45, 7) is 10.1. The third kappa shape index (κ3) is 8.63. The van der Waals surface area contributed by atoms with E-state index in [9.17, 15) is 34.5 Å². The van der Waals surface area contributed by atoms with Crippen LogP contribution in [0.5, 0.6) is 11.5 Å². The lowest BCUT2D eigenvalue weighted by atomic mass is 10.0. The number of fused-ring (bicyclic) bond motifs is 1. The van der Waals surface area contributed by atoms with Crippen molar-refractivity contribution in [2.45, 2.75) is 77.7 Å². The van der Waals surface area contributed by atoms with Crippen LogP contribution in [-0.4, -0.2) is 67.2 Å². The number of hydrogen-bond donors (Lipinski definition) is 5. The summed E-state index contributed by atoms with van der Waals surface area (Å²) in [5, 5.41) is 35.1. The molecule has 0 saturated carbocycles. The molecule has 0 saturated heterocycles. The Balaban J connectivity index is 1.89. The summed E-state index contributed by atoms with van der Waals surface area (Å²) >= 11 is 0. The Morgan fingerprint density at radius 3 is 2.07 bits per heavy atom. The fourth-order valence-electron chi connectivity index (χ4n) is 4.16. The van der Waals surface area contributed by atoms with Gasteiger partial charge in [0.2, 0.25) is 5.91 Å². The molecule has 0 radical (unpaired) electrons. The number of aliphatic carboxylic acids is 1. The number of nitrogens with zero attached hydrogens (tertiary/aromatic N) is 1. The number of aromatic hydroxyl groups is 2. The van der Waals surface area contributed by atoms with Crippen molar-refractivity contribution < 1.29 is 44.0 Å². The Hall–Kier alpha value is -4.74. The lowest BCUT2D eigenvalue weighted by Gasteiger charge is -2.24. The molecule has 226 valence electrons. The number of amides is 2. The summed E-state index contributed by atoms with van der Waals surface area (Å²) in [5.74, 6) is -2.95. The lowest BCUT2D eigenvalue weighted by molar-refractivity contribution is -0.142. The van der Waals surface area contributed by atoms with Gasteiger partial charge in [0.05, 0.1) is 5.52 Å². The van der Waals surface area contributed by atoms with Crippen molar-refractivity contribution in [2.75, 3.05) is 0 Å². The number of carbonyl (C=O) groups excluding carboxylic acids is 3. The molecule has 3 rings (SSSR count). The number of hydrogen-bond acceptors (Lipinski definition) is 8. The van der Waals surface area contributed by atoms with Gasteiger partial charge in [-0.1, -0.05) is 24.3 Å². The standard InChI is InChI=1S/C30H37N3O9/c1-29(2,3)41-27(39)32-20(13-17-11-12-23(34)24(35)14-17)25(36)31-21(26(37)38)15-18-16-33(28(40)42-30(4,5)6)22-10-8-7-9-19(18)22/h7-12,14,16,20-21,34-35H,13,15H2,1-6H3,(H,31,36)(H,32,39)(H,37,38)/t20-,21-/m0/s1. The van der Waals surface area contributed by atoms with Crippen LogP contribution in [0.15, 0.2) is 48.7 Å². The van der Waals surface area contributed by atoms with Gasteiger partial charge in [0.1, 0.15) is 23.3 Å². The van der Waals surface area contributed by atoms with Gasteiger partial charge in [-0.15, -0.1) is 0 Å². The van der Waals surface area contributed by atoms with E-state index in [1.165, 1.54) is 29.0 Å². The van der Waals surface area contributed by atoms with Gasteiger partial charge in [-0.05, 0) is 70.9 Å². The van der Waals surface area contributed by atoms with Crippen molar-refractivity contribution in [2.24, 2.45) is 0 Å². The predicted molar refractivity (Wildman–Crippen MR) is 153 cm³/mol. The van der Waals surface area contributed by atoms with Crippen molar-refractivity contribution in [1.82, 2.24) is 15.2 Å². The van der Waals surface area contributed by atoms with Gasteiger partial charge in [-0.25, -0.2) is 14.4 Å². The van der Waals surface area contributed by atoms with Crippen molar-refractivity contribution in [3.05, 3.63) is 59.8 Å². The van der Waals surface area contributed by atoms with Gasteiger partial charge >= 0.3 is 18.2 Å². The lowest BCUT2D eigenvalue weighted by Crippen LogP contribution is -2.53. The molecule has 1 aromatic heterocycles. The van der Waals surface area contributed by atoms with Crippen LogP contribution in [0.1, 0.15) is 52.7 Å². The molecule has 5 N–H and O–H groups in total. The maximum absolute atomic E-state index is 13.4. The zero-order valence-corrected chi connectivity index (χ0v) is 24.4. The average molecular weight is 584 g/mol. The number of carboxylic acids is 1. The van der Waals surface area contributed by atoms with Crippen LogP contribution in [0.2, 0.25) is 0 Å². The minimum atomic E-state index is -1.44. The van der Waals surface area contributed by atoms with E-state index in [1.54, 1.807) is 65.8 Å². The number of ether oxygens (including phenoxy) is 2. The van der Waals surface area contributed by atoms with Crippen LogP contribution in [-0.2, 0) is 31.9 Å². The highest BCUT2D eigenvalue weighted by Crippen LogP contribution is 2.26. The molecular weight excluding hydrogens is 546 g/mol. The largest absolute Gasteiger partial charge is 0.504 e. The second-order valence-corrected chi connectivity index (χ2v) is 11.9. The predicted octanol–water partition coefficient (Wildman–Crippen LogP) is 4.08. The molecule has 2 aromatic carbocycles. The third-order valence-corrected chi connectivity index (χ3v) is 5.91. The van der Waals surface area contributed by atoms with Gasteiger partial charge < -0.3 is 35.4 Å². The number of phenols is 2. The van der Waals surface area contributed by atoms with E-state index < -0.39 is 53.1 Å². The van der Waals surface area contributed by atoms with Crippen LogP contribution in [0, 0.1) is 0 Å². The van der Waals surface area contributed by atoms with E-state index in [0.29, 0.717) is 22.0 Å². The molecule has 2 atom stereocenters. The summed E-state index contributed by atoms with van der Waals surface area (Å²) < 4.78 is 12.1. The number of phenolic OH excluding ortho intramolecular Hbond substituents is 2. The third-order valence-electron chi connectivity index (χ3n) is 5.91. The van der Waals surface area contributed by atoms with Gasteiger partial charge in [0.15, 0.2) is 11.5 Å². The SMILES string of the molecule is CC(C)(C)OC(=O)N[C@@H](Cc1ccc(O)c(O)c1)C(=O)N[C@@H](Cc1cn(C(=O)OC(C)(C)C)c2ccccc12)C(=O)O. The quantitative estimate of drug-likeness (QED) is 0.245. The molecule has 42 heavy (non-hydrogen) atoms. The van der Waals surface area contributed by atoms with Crippen molar-refractivity contribution in [3.63, 3.8) is 0 Å². The first-order chi connectivity index (χ1) is 19.4. The van der Waals surface area contributed by atoms with Gasteiger partial charge in [0, 0.05) is 24.4 Å². The van der Waals surface area contributed by atoms with Crippen molar-refractivity contribution in [1.29, 1.82) is 0 Å². The fourth-order valence-corrected chi connectivity index (χ4v) is 4.16. The van der Waals surface area contributed by atoms with Crippen molar-refractivity contribution >= 4 is 35.0 Å². The Bertz CT molecular complexity index is 1480. The van der Waals surface area contributed by atoms with E-state index in [2.05, 4.69) is 10.6 Å². The number of rotatable bonds is 8. The summed E-state index contributed by atoms with van der Waals surface area (Å²) in [7, 11) is 0. The number of para-hydroxylation sites is 1. The minimum Gasteiger partial charge on any atom is -0.504 e. The highest BCUT2D eigenvalue weighted by Gasteiger charge is 2.30. The number of nitrogens with one attached hydrogen (secondary N) is 2. The van der Waals surface area contributed by atoms with E-state index in [1.807, 2.05) is 0 Å². The van der Waals surface area contributed by atoms with Crippen LogP contribution < -0.4 is 10.6 Å². The molecule has 1 heterocycles. The molecule has 0 bridgehead atoms. The zero-order valence-electron chi connectivity index (χ0n) is 24.4. The summed E-state index contributed by atoms with van der Waals surface area (Å²) in [4.78, 5) is 51.1. The number of aromatic nitrogens is 1. The smallest absolute Gasteiger partial charge is 0.419 e. The summed E-state index contributed by atoms with van der Waals surface area (Å²) in [5.41, 5.74) is -0.259. The van der Waals surface area contributed by atoms with E-state index in [4.69, 9.17) is 9.47 Å². The highest BCUT2D eigenvalue weighted by molar-refractivity contribution is 5.93. The first-order valence-corrected chi connectivity index (χ1v) is 13.3. The Labute approximate surface area is 243 Å². The van der Waals surface area contributed by atoms with Gasteiger partial charge in [0.25, 0.3) is 0 Å². The Kier molecular flexibility index (Phi) is 9.39. The topological polar surface area (TPSA) is 176 Å². The summed E-state index contributed by atoms with van der Waals surface area (Å²) in [6.07, 6.45) is -0.395. The first-order valence-electron chi connectivity index (χ1n) is 13.3. The van der Waals surface area contributed by atoms with Crippen molar-refractivity contribution in [3.8, 4) is 11.5 Å². The number of benzene rings is 2. The van der Waals surface area contributed by atoms with Crippen LogP contribution in [0.25, 0.3) is 10.9 Å². The van der Waals surface area contributed by atoms with E-state index in [0.717, 1.165) is 0 Å². The van der Waals surface area contributed by atoms with Gasteiger partial charge in [-0.2, -0.15) is 0 Å². The number of alkyl carbamates (subject to hydrolysis) is 1. The molecule has 0 aliphatic carbocycles. The first kappa shape index (κ1) is 31.8. The molecule has 3 aromatic rings. The van der Waals surface area contributed by atoms with Crippen LogP contribution in [0.3, 0.4) is 0 Å². The van der Waals surface area contributed by atoms with E-state index in [-0.39, 0.29) is 18.6 Å². The maximum Gasteiger partial charge on any atom is 0.419 e. The van der Waals surface area contributed by atoms with E-state index >= 15 is 0 Å². The number of carbonyl (C=O) groups is 4. The molecule has 12 heteroatoms.